The Morgan fingerprint density at radius 1 is 0.656 bits per heavy atom. The zero-order valence-electron chi connectivity index (χ0n) is 35.3. The Hall–Kier alpha value is -6.59. The smallest absolute Gasteiger partial charge is 0.223 e. The van der Waals surface area contributed by atoms with Crippen molar-refractivity contribution in [2.24, 2.45) is 0 Å². The van der Waals surface area contributed by atoms with Crippen LogP contribution in [0.1, 0.15) is 94.2 Å². The number of piperidine rings is 2. The Morgan fingerprint density at radius 2 is 1.21 bits per heavy atom. The van der Waals surface area contributed by atoms with Gasteiger partial charge in [0, 0.05) is 70.7 Å². The molecule has 0 N–H and O–H groups in total. The predicted molar refractivity (Wildman–Crippen MR) is 242 cm³/mol. The summed E-state index contributed by atoms with van der Waals surface area (Å²) in [6.07, 6.45) is 11.3. The van der Waals surface area contributed by atoms with Crippen molar-refractivity contribution in [1.82, 2.24) is 18.9 Å². The average Bonchev–Trinajstić information content (AvgIpc) is 3.77. The molecule has 1 amide bonds. The van der Waals surface area contributed by atoms with Gasteiger partial charge < -0.3 is 14.0 Å². The fourth-order valence-electron chi connectivity index (χ4n) is 9.22. The van der Waals surface area contributed by atoms with Crippen LogP contribution in [0.25, 0.3) is 39.3 Å². The van der Waals surface area contributed by atoms with Crippen molar-refractivity contribution in [3.8, 4) is 23.5 Å². The van der Waals surface area contributed by atoms with Crippen LogP contribution in [-0.4, -0.2) is 82.7 Å². The van der Waals surface area contributed by atoms with E-state index in [2.05, 4.69) is 49.3 Å². The first kappa shape index (κ1) is 41.2. The molecule has 2 fully saturated rings. The molecule has 10 nitrogen and oxygen atoms in total. The normalized spacial score (nSPS) is 15.0. The van der Waals surface area contributed by atoms with E-state index in [4.69, 9.17) is 0 Å². The highest BCUT2D eigenvalue weighted by Gasteiger charge is 2.27. The van der Waals surface area contributed by atoms with Crippen LogP contribution in [0, 0.1) is 29.6 Å². The minimum Gasteiger partial charge on any atom is -0.316 e. The maximum absolute atomic E-state index is 14.7. The second-order valence-corrected chi connectivity index (χ2v) is 16.5. The molecule has 2 aliphatic heterocycles. The maximum Gasteiger partial charge on any atom is 0.223 e. The first-order valence-corrected chi connectivity index (χ1v) is 21.4. The van der Waals surface area contributed by atoms with Gasteiger partial charge in [0.15, 0.2) is 11.6 Å². The van der Waals surface area contributed by atoms with Crippen molar-refractivity contribution >= 4 is 51.0 Å². The number of Topliss-reactive ketones (excluding diaryl/α,β-unsaturated/α-hetero) is 2. The molecule has 10 heteroatoms. The lowest BCUT2D eigenvalue weighted by molar-refractivity contribution is -0.116. The third kappa shape index (κ3) is 8.43. The second kappa shape index (κ2) is 17.9. The molecule has 308 valence electrons. The van der Waals surface area contributed by atoms with Gasteiger partial charge in [-0.3, -0.25) is 24.2 Å². The number of carbonyl (C=O) groups excluding carboxylic acids is 3. The number of carbonyl (C=O) groups is 3. The summed E-state index contributed by atoms with van der Waals surface area (Å²) in [5.74, 6) is 0.0329. The molecule has 0 atom stereocenters. The molecule has 0 saturated carbocycles. The van der Waals surface area contributed by atoms with E-state index in [9.17, 15) is 24.9 Å². The molecule has 0 bridgehead atoms. The first-order valence-electron chi connectivity index (χ1n) is 21.4. The number of hydrogen-bond donors (Lipinski definition) is 0. The van der Waals surface area contributed by atoms with E-state index in [0.717, 1.165) is 108 Å². The average molecular weight is 810 g/mol. The first-order chi connectivity index (χ1) is 29.6. The van der Waals surface area contributed by atoms with Crippen molar-refractivity contribution < 1.29 is 14.4 Å². The van der Waals surface area contributed by atoms with E-state index in [1.165, 1.54) is 19.8 Å². The lowest BCUT2D eigenvalue weighted by Crippen LogP contribution is -2.34. The minimum absolute atomic E-state index is 0.0317. The number of nitriles is 2. The Morgan fingerprint density at radius 3 is 1.77 bits per heavy atom. The number of nitrogens with zero attached hydrogens (tertiary/aromatic N) is 7. The number of amides is 1. The van der Waals surface area contributed by atoms with Crippen LogP contribution < -0.4 is 4.90 Å². The van der Waals surface area contributed by atoms with E-state index < -0.39 is 0 Å². The third-order valence-electron chi connectivity index (χ3n) is 12.5. The number of rotatable bonds is 12. The topological polar surface area (TPSA) is 118 Å². The van der Waals surface area contributed by atoms with E-state index in [1.54, 1.807) is 36.2 Å². The molecular weight excluding hydrogens is 759 g/mol. The second-order valence-electron chi connectivity index (χ2n) is 16.5. The van der Waals surface area contributed by atoms with E-state index >= 15 is 0 Å². The van der Waals surface area contributed by atoms with Crippen LogP contribution in [0.3, 0.4) is 0 Å². The summed E-state index contributed by atoms with van der Waals surface area (Å²) in [6.45, 7) is 7.84. The number of ketones is 2. The highest BCUT2D eigenvalue weighted by Crippen LogP contribution is 2.35. The van der Waals surface area contributed by atoms with Crippen molar-refractivity contribution in [2.45, 2.75) is 58.8 Å². The Labute approximate surface area is 357 Å². The fraction of sp³-hybridized carbons (Fsp3) is 0.314. The number of hydrogen-bond acceptors (Lipinski definition) is 7. The van der Waals surface area contributed by atoms with E-state index in [1.807, 2.05) is 61.5 Å². The molecule has 6 aromatic rings. The standard InChI is InChI=1S/C51H51N7O3/c1-35-50(48(60)33-55-25-6-4-7-26-55)43-23-17-37(29-47(43)57(35)40-18-13-38(31-52)14-19-40)11-10-12-46-51(49(61)34-56-27-8-5-9-28-56)44-30-42(54(3)36(2)59)22-24-45(44)58(46)41-20-15-39(32-53)16-21-41/h10-11,13-24,29-30H,4-9,12,25-28,33-34H2,1-3H3/b11-10-. The number of anilines is 1. The minimum atomic E-state index is -0.105. The Kier molecular flexibility index (Phi) is 12.1. The molecule has 0 radical (unpaired) electrons. The lowest BCUT2D eigenvalue weighted by Gasteiger charge is -2.25. The number of likely N-dealkylation sites (tertiary alicyclic amines) is 2. The molecule has 61 heavy (non-hydrogen) atoms. The van der Waals surface area contributed by atoms with Crippen LogP contribution in [0.5, 0.6) is 0 Å². The van der Waals surface area contributed by atoms with Gasteiger partial charge in [-0.2, -0.15) is 10.5 Å². The van der Waals surface area contributed by atoms with Crippen LogP contribution in [0.4, 0.5) is 5.69 Å². The SMILES string of the molecule is CC(=O)N(C)c1ccc2c(c1)c(C(=O)CN1CCCCC1)c(C/C=C\c1ccc3c(C(=O)CN4CCCCC4)c(C)n(-c4ccc(C#N)cc4)c3c1)n2-c1ccc(C#N)cc1. The molecule has 0 spiro atoms. The third-order valence-corrected chi connectivity index (χ3v) is 12.5. The molecule has 2 aromatic heterocycles. The number of aromatic nitrogens is 2. The van der Waals surface area contributed by atoms with E-state index in [-0.39, 0.29) is 17.5 Å². The predicted octanol–water partition coefficient (Wildman–Crippen LogP) is 9.20. The molecule has 0 aliphatic carbocycles. The number of fused-ring (bicyclic) bond motifs is 2. The van der Waals surface area contributed by atoms with Crippen LogP contribution >= 0.6 is 0 Å². The van der Waals surface area contributed by atoms with Gasteiger partial charge in [-0.25, -0.2) is 0 Å². The quantitative estimate of drug-likeness (QED) is 0.113. The number of benzene rings is 4. The molecule has 8 rings (SSSR count). The van der Waals surface area contributed by atoms with Gasteiger partial charge in [0.05, 0.1) is 47.4 Å². The van der Waals surface area contributed by atoms with Gasteiger partial charge in [0.25, 0.3) is 0 Å². The summed E-state index contributed by atoms with van der Waals surface area (Å²) in [5, 5.41) is 20.8. The van der Waals surface area contributed by atoms with Crippen molar-refractivity contribution in [3.05, 3.63) is 130 Å². The van der Waals surface area contributed by atoms with Crippen LogP contribution in [-0.2, 0) is 11.2 Å². The highest BCUT2D eigenvalue weighted by atomic mass is 16.2. The van der Waals surface area contributed by atoms with Crippen LogP contribution in [0.15, 0.2) is 91.0 Å². The molecule has 4 aromatic carbocycles. The number of allylic oxidation sites excluding steroid dienone is 1. The Bertz CT molecular complexity index is 2750. The van der Waals surface area contributed by atoms with Gasteiger partial charge in [-0.15, -0.1) is 0 Å². The maximum atomic E-state index is 14.7. The lowest BCUT2D eigenvalue weighted by atomic mass is 10.0. The molecule has 0 unspecified atom stereocenters. The summed E-state index contributed by atoms with van der Waals surface area (Å²) >= 11 is 0. The monoisotopic (exact) mass is 809 g/mol. The summed E-state index contributed by atoms with van der Waals surface area (Å²) in [4.78, 5) is 47.4. The van der Waals surface area contributed by atoms with Gasteiger partial charge in [-0.1, -0.05) is 37.1 Å². The zero-order valence-corrected chi connectivity index (χ0v) is 35.3. The van der Waals surface area contributed by atoms with Crippen LogP contribution in [0.2, 0.25) is 0 Å². The van der Waals surface area contributed by atoms with Crippen molar-refractivity contribution in [1.29, 1.82) is 10.5 Å². The van der Waals surface area contributed by atoms with Gasteiger partial charge >= 0.3 is 0 Å². The Balaban J connectivity index is 1.23. The van der Waals surface area contributed by atoms with E-state index in [0.29, 0.717) is 41.9 Å². The summed E-state index contributed by atoms with van der Waals surface area (Å²) in [6, 6.07) is 31.3. The van der Waals surface area contributed by atoms with Crippen molar-refractivity contribution in [2.75, 3.05) is 51.2 Å². The highest BCUT2D eigenvalue weighted by molar-refractivity contribution is 6.13. The zero-order chi connectivity index (χ0) is 42.6. The molecular formula is C51H51N7O3. The molecule has 2 aliphatic rings. The summed E-state index contributed by atoms with van der Waals surface area (Å²) in [7, 11) is 1.74. The molecule has 2 saturated heterocycles. The van der Waals surface area contributed by atoms with Gasteiger partial charge in [0.2, 0.25) is 5.91 Å². The molecule has 4 heterocycles. The summed E-state index contributed by atoms with van der Waals surface area (Å²) < 4.78 is 4.23. The van der Waals surface area contributed by atoms with Gasteiger partial charge in [0.1, 0.15) is 0 Å². The van der Waals surface area contributed by atoms with Crippen molar-refractivity contribution in [3.63, 3.8) is 0 Å². The summed E-state index contributed by atoms with van der Waals surface area (Å²) in [5.41, 5.74) is 9.23. The largest absolute Gasteiger partial charge is 0.316 e. The fourth-order valence-corrected chi connectivity index (χ4v) is 9.22. The van der Waals surface area contributed by atoms with Gasteiger partial charge in [-0.05, 0) is 137 Å².